The Hall–Kier alpha value is -3.94. The minimum atomic E-state index is -0.583. The van der Waals surface area contributed by atoms with Gasteiger partial charge in [-0.1, -0.05) is 72.8 Å². The highest BCUT2D eigenvalue weighted by atomic mass is 16.5. The van der Waals surface area contributed by atoms with Gasteiger partial charge in [0.05, 0.1) is 20.3 Å². The van der Waals surface area contributed by atoms with Crippen molar-refractivity contribution < 1.29 is 19.3 Å². The summed E-state index contributed by atoms with van der Waals surface area (Å²) < 4.78 is 16.8. The maximum Gasteiger partial charge on any atom is 0.119 e. The van der Waals surface area contributed by atoms with Gasteiger partial charge in [0.1, 0.15) is 24.2 Å². The molecule has 0 saturated carbocycles. The predicted octanol–water partition coefficient (Wildman–Crippen LogP) is 5.84. The van der Waals surface area contributed by atoms with E-state index in [4.69, 9.17) is 14.2 Å². The molecule has 222 valence electrons. The van der Waals surface area contributed by atoms with Gasteiger partial charge in [0.2, 0.25) is 0 Å². The molecule has 5 aromatic rings. The fraction of sp³-hybridized carbons (Fsp3) is 0.297. The van der Waals surface area contributed by atoms with Gasteiger partial charge >= 0.3 is 0 Å². The molecule has 6 nitrogen and oxygen atoms in total. The smallest absolute Gasteiger partial charge is 0.119 e. The lowest BCUT2D eigenvalue weighted by molar-refractivity contribution is 0.0376. The number of methoxy groups -OCH3 is 1. The van der Waals surface area contributed by atoms with E-state index in [0.717, 1.165) is 50.9 Å². The zero-order valence-corrected chi connectivity index (χ0v) is 24.7. The third-order valence-electron chi connectivity index (χ3n) is 8.30. The van der Waals surface area contributed by atoms with Crippen LogP contribution < -0.4 is 14.8 Å². The summed E-state index contributed by atoms with van der Waals surface area (Å²) in [5.74, 6) is 1.59. The Morgan fingerprint density at radius 1 is 0.791 bits per heavy atom. The van der Waals surface area contributed by atoms with Crippen LogP contribution in [0, 0.1) is 0 Å². The number of rotatable bonds is 12. The molecule has 0 radical (unpaired) electrons. The Morgan fingerprint density at radius 2 is 1.42 bits per heavy atom. The van der Waals surface area contributed by atoms with Crippen molar-refractivity contribution in [2.24, 2.45) is 0 Å². The highest BCUT2D eigenvalue weighted by Crippen LogP contribution is 2.40. The number of aliphatic hydroxyl groups is 1. The van der Waals surface area contributed by atoms with Gasteiger partial charge in [0, 0.05) is 38.6 Å². The molecule has 2 atom stereocenters. The maximum absolute atomic E-state index is 10.5. The molecule has 1 saturated heterocycles. The Kier molecular flexibility index (Phi) is 9.50. The number of morpholine rings is 1. The zero-order valence-electron chi connectivity index (χ0n) is 24.7. The molecule has 1 aliphatic heterocycles. The average Bonchev–Trinajstić information content (AvgIpc) is 3.07. The monoisotopic (exact) mass is 576 g/mol. The molecular formula is C37H40N2O4. The predicted molar refractivity (Wildman–Crippen MR) is 173 cm³/mol. The average molecular weight is 577 g/mol. The summed E-state index contributed by atoms with van der Waals surface area (Å²) in [5.41, 5.74) is 3.61. The van der Waals surface area contributed by atoms with E-state index in [1.165, 1.54) is 38.2 Å². The van der Waals surface area contributed by atoms with Crippen LogP contribution in [-0.4, -0.2) is 75.8 Å². The Bertz CT molecular complexity index is 1610. The van der Waals surface area contributed by atoms with Crippen LogP contribution in [0.2, 0.25) is 0 Å². The molecule has 43 heavy (non-hydrogen) atoms. The van der Waals surface area contributed by atoms with Crippen molar-refractivity contribution in [1.29, 1.82) is 0 Å². The van der Waals surface area contributed by atoms with Gasteiger partial charge in [0.15, 0.2) is 0 Å². The molecule has 6 rings (SSSR count). The van der Waals surface area contributed by atoms with Crippen LogP contribution in [0.3, 0.4) is 0 Å². The number of nitrogens with zero attached hydrogens (tertiary/aromatic N) is 1. The summed E-state index contributed by atoms with van der Waals surface area (Å²) in [6, 6.07) is 36.2. The molecule has 0 spiro atoms. The summed E-state index contributed by atoms with van der Waals surface area (Å²) in [7, 11) is 1.69. The topological polar surface area (TPSA) is 63.2 Å². The zero-order chi connectivity index (χ0) is 29.4. The van der Waals surface area contributed by atoms with Crippen LogP contribution in [-0.2, 0) is 4.74 Å². The van der Waals surface area contributed by atoms with Gasteiger partial charge in [-0.25, -0.2) is 0 Å². The van der Waals surface area contributed by atoms with Crippen LogP contribution in [0.15, 0.2) is 103 Å². The van der Waals surface area contributed by atoms with Crippen LogP contribution >= 0.6 is 0 Å². The lowest BCUT2D eigenvalue weighted by Crippen LogP contribution is -2.41. The first-order valence-corrected chi connectivity index (χ1v) is 15.2. The number of hydrogen-bond acceptors (Lipinski definition) is 6. The first-order chi connectivity index (χ1) is 21.2. The number of fused-ring (bicyclic) bond motifs is 3. The second-order valence-corrected chi connectivity index (χ2v) is 11.1. The fourth-order valence-electron chi connectivity index (χ4n) is 6.01. The molecule has 6 heteroatoms. The molecule has 0 aromatic heterocycles. The lowest BCUT2D eigenvalue weighted by atomic mass is 9.81. The van der Waals surface area contributed by atoms with Crippen molar-refractivity contribution in [3.63, 3.8) is 0 Å². The molecule has 1 aliphatic rings. The van der Waals surface area contributed by atoms with Gasteiger partial charge in [-0.15, -0.1) is 0 Å². The highest BCUT2D eigenvalue weighted by Gasteiger charge is 2.21. The van der Waals surface area contributed by atoms with Crippen molar-refractivity contribution >= 4 is 21.5 Å². The molecular weight excluding hydrogens is 536 g/mol. The van der Waals surface area contributed by atoms with E-state index < -0.39 is 6.10 Å². The Balaban J connectivity index is 1.20. The van der Waals surface area contributed by atoms with Crippen molar-refractivity contribution in [2.45, 2.75) is 12.0 Å². The van der Waals surface area contributed by atoms with Gasteiger partial charge < -0.3 is 24.6 Å². The summed E-state index contributed by atoms with van der Waals surface area (Å²) in [4.78, 5) is 2.38. The number of ether oxygens (including phenoxy) is 3. The van der Waals surface area contributed by atoms with E-state index in [1.54, 1.807) is 7.11 Å². The number of aliphatic hydroxyl groups excluding tert-OH is 1. The first-order valence-electron chi connectivity index (χ1n) is 15.2. The standard InChI is InChI=1S/C37H40N2O4/c1-41-31-14-10-27(11-15-31)37(36-24-29-6-2-3-7-33(29)34-8-4-5-9-35(34)36)28-12-16-32(17-13-28)43-26-30(40)25-38-18-19-39-20-22-42-23-21-39/h2-17,24,30,37-38,40H,18-23,25-26H2,1H3. The van der Waals surface area contributed by atoms with Gasteiger partial charge in [0.25, 0.3) is 0 Å². The van der Waals surface area contributed by atoms with Gasteiger partial charge in [-0.2, -0.15) is 0 Å². The van der Waals surface area contributed by atoms with Gasteiger partial charge in [-0.3, -0.25) is 4.90 Å². The van der Waals surface area contributed by atoms with Crippen LogP contribution in [0.1, 0.15) is 22.6 Å². The van der Waals surface area contributed by atoms with Crippen LogP contribution in [0.25, 0.3) is 21.5 Å². The van der Waals surface area contributed by atoms with Crippen LogP contribution in [0.4, 0.5) is 0 Å². The third-order valence-corrected chi connectivity index (χ3v) is 8.30. The molecule has 1 heterocycles. The molecule has 0 amide bonds. The second kappa shape index (κ2) is 14.0. The normalized spacial score (nSPS) is 15.4. The maximum atomic E-state index is 10.5. The summed E-state index contributed by atoms with van der Waals surface area (Å²) in [6.07, 6.45) is -0.583. The van der Waals surface area contributed by atoms with E-state index in [9.17, 15) is 5.11 Å². The first kappa shape index (κ1) is 29.1. The largest absolute Gasteiger partial charge is 0.497 e. The molecule has 2 N–H and O–H groups in total. The van der Waals surface area contributed by atoms with Crippen molar-refractivity contribution in [3.05, 3.63) is 120 Å². The van der Waals surface area contributed by atoms with Crippen LogP contribution in [0.5, 0.6) is 11.5 Å². The molecule has 0 bridgehead atoms. The second-order valence-electron chi connectivity index (χ2n) is 11.1. The van der Waals surface area contributed by atoms with E-state index in [0.29, 0.717) is 6.54 Å². The van der Waals surface area contributed by atoms with E-state index in [1.807, 2.05) is 24.3 Å². The van der Waals surface area contributed by atoms with E-state index in [-0.39, 0.29) is 12.5 Å². The molecule has 0 aliphatic carbocycles. The number of nitrogens with one attached hydrogen (secondary N) is 1. The Morgan fingerprint density at radius 3 is 2.12 bits per heavy atom. The molecule has 5 aromatic carbocycles. The fourth-order valence-corrected chi connectivity index (χ4v) is 6.01. The Labute approximate surface area is 253 Å². The van der Waals surface area contributed by atoms with Gasteiger partial charge in [-0.05, 0) is 68.6 Å². The number of benzene rings is 5. The quantitative estimate of drug-likeness (QED) is 0.111. The van der Waals surface area contributed by atoms with E-state index in [2.05, 4.69) is 89.1 Å². The molecule has 2 unspecified atom stereocenters. The summed E-state index contributed by atoms with van der Waals surface area (Å²) >= 11 is 0. The third kappa shape index (κ3) is 7.00. The minimum Gasteiger partial charge on any atom is -0.497 e. The minimum absolute atomic E-state index is 0.00993. The SMILES string of the molecule is COc1ccc(C(c2ccc(OCC(O)CNCCN3CCOCC3)cc2)c2cc3ccccc3c3ccccc23)cc1. The highest BCUT2D eigenvalue weighted by molar-refractivity contribution is 6.09. The van der Waals surface area contributed by atoms with Crippen molar-refractivity contribution in [2.75, 3.05) is 59.7 Å². The summed E-state index contributed by atoms with van der Waals surface area (Å²) in [6.45, 7) is 6.07. The molecule has 1 fully saturated rings. The lowest BCUT2D eigenvalue weighted by Gasteiger charge is -2.26. The van der Waals surface area contributed by atoms with E-state index >= 15 is 0 Å². The summed E-state index contributed by atoms with van der Waals surface area (Å²) in [5, 5.41) is 18.8. The van der Waals surface area contributed by atoms with Crippen molar-refractivity contribution in [1.82, 2.24) is 10.2 Å². The van der Waals surface area contributed by atoms with Crippen molar-refractivity contribution in [3.8, 4) is 11.5 Å². The number of hydrogen-bond donors (Lipinski definition) is 2.